The molecule has 0 spiro atoms. The van der Waals surface area contributed by atoms with E-state index in [-0.39, 0.29) is 0 Å². The van der Waals surface area contributed by atoms with Crippen molar-refractivity contribution in [3.8, 4) is 16.9 Å². The number of hydrogen-bond donors (Lipinski definition) is 1. The summed E-state index contributed by atoms with van der Waals surface area (Å²) < 4.78 is 5.98. The van der Waals surface area contributed by atoms with E-state index in [0.29, 0.717) is 6.61 Å². The van der Waals surface area contributed by atoms with E-state index in [1.807, 2.05) is 31.3 Å². The molecule has 0 fully saturated rings. The van der Waals surface area contributed by atoms with Crippen LogP contribution in [0.15, 0.2) is 60.8 Å². The minimum atomic E-state index is 0.655. The van der Waals surface area contributed by atoms with E-state index >= 15 is 0 Å². The van der Waals surface area contributed by atoms with Gasteiger partial charge in [0.15, 0.2) is 0 Å². The number of rotatable bonds is 2. The molecule has 134 valence electrons. The van der Waals surface area contributed by atoms with Gasteiger partial charge >= 0.3 is 0 Å². The van der Waals surface area contributed by atoms with Gasteiger partial charge in [-0.05, 0) is 54.4 Å². The topological polar surface area (TPSA) is 54.0 Å². The third-order valence-corrected chi connectivity index (χ3v) is 4.95. The highest BCUT2D eigenvalue weighted by atomic mass is 16.5. The molecular weight excluding hydrogens is 336 g/mol. The Morgan fingerprint density at radius 1 is 1.04 bits per heavy atom. The number of fused-ring (bicyclic) bond motifs is 2. The maximum absolute atomic E-state index is 5.98. The van der Waals surface area contributed by atoms with Crippen molar-refractivity contribution in [1.29, 1.82) is 0 Å². The van der Waals surface area contributed by atoms with Crippen LogP contribution in [0, 0.1) is 6.92 Å². The summed E-state index contributed by atoms with van der Waals surface area (Å²) in [4.78, 5) is 14.6. The molecule has 0 radical (unpaired) electrons. The number of pyridine rings is 1. The molecule has 27 heavy (non-hydrogen) atoms. The molecule has 5 nitrogen and oxygen atoms in total. The summed E-state index contributed by atoms with van der Waals surface area (Å²) in [5.41, 5.74) is 5.58. The second-order valence-corrected chi connectivity index (χ2v) is 6.83. The molecule has 0 saturated heterocycles. The third kappa shape index (κ3) is 3.01. The predicted octanol–water partition coefficient (Wildman–Crippen LogP) is 4.33. The summed E-state index contributed by atoms with van der Waals surface area (Å²) in [5, 5.41) is 0. The number of H-pyrrole nitrogens is 1. The van der Waals surface area contributed by atoms with Crippen molar-refractivity contribution in [1.82, 2.24) is 15.0 Å². The van der Waals surface area contributed by atoms with Gasteiger partial charge in [-0.3, -0.25) is 0 Å². The van der Waals surface area contributed by atoms with Crippen LogP contribution in [-0.2, 0) is 6.54 Å². The van der Waals surface area contributed by atoms with Crippen molar-refractivity contribution < 1.29 is 4.74 Å². The van der Waals surface area contributed by atoms with E-state index in [9.17, 15) is 0 Å². The number of imidazole rings is 1. The van der Waals surface area contributed by atoms with Gasteiger partial charge in [-0.1, -0.05) is 18.2 Å². The van der Waals surface area contributed by atoms with Crippen LogP contribution in [0.3, 0.4) is 0 Å². The van der Waals surface area contributed by atoms with Gasteiger partial charge in [0.2, 0.25) is 0 Å². The summed E-state index contributed by atoms with van der Waals surface area (Å²) in [7, 11) is 0. The molecule has 0 amide bonds. The first-order valence-corrected chi connectivity index (χ1v) is 9.15. The molecule has 0 atom stereocenters. The van der Waals surface area contributed by atoms with E-state index in [4.69, 9.17) is 4.74 Å². The lowest BCUT2D eigenvalue weighted by molar-refractivity contribution is 0.331. The SMILES string of the molecule is Cc1nc2ccc(-c3ccc4c(c3)CN(c3ccccn3)CCO4)cc2[nH]1. The zero-order valence-electron chi connectivity index (χ0n) is 15.1. The van der Waals surface area contributed by atoms with Crippen LogP contribution in [0.5, 0.6) is 5.75 Å². The average Bonchev–Trinajstić information content (AvgIpc) is 2.94. The van der Waals surface area contributed by atoms with Crippen molar-refractivity contribution >= 4 is 16.9 Å². The largest absolute Gasteiger partial charge is 0.491 e. The number of aromatic amines is 1. The van der Waals surface area contributed by atoms with Crippen LogP contribution in [-0.4, -0.2) is 28.1 Å². The Morgan fingerprint density at radius 3 is 2.81 bits per heavy atom. The first kappa shape index (κ1) is 15.9. The Labute approximate surface area is 157 Å². The second-order valence-electron chi connectivity index (χ2n) is 6.83. The van der Waals surface area contributed by atoms with Gasteiger partial charge < -0.3 is 14.6 Å². The number of hydrogen-bond acceptors (Lipinski definition) is 4. The summed E-state index contributed by atoms with van der Waals surface area (Å²) in [5.74, 6) is 2.87. The molecule has 2 aromatic heterocycles. The second kappa shape index (κ2) is 6.43. The maximum Gasteiger partial charge on any atom is 0.128 e. The van der Waals surface area contributed by atoms with Crippen LogP contribution in [0.25, 0.3) is 22.2 Å². The Morgan fingerprint density at radius 2 is 1.93 bits per heavy atom. The monoisotopic (exact) mass is 356 g/mol. The van der Waals surface area contributed by atoms with Crippen LogP contribution in [0.4, 0.5) is 5.82 Å². The van der Waals surface area contributed by atoms with Crippen molar-refractivity contribution in [2.75, 3.05) is 18.1 Å². The first-order valence-electron chi connectivity index (χ1n) is 9.15. The molecule has 4 aromatic rings. The van der Waals surface area contributed by atoms with E-state index in [2.05, 4.69) is 56.3 Å². The lowest BCUT2D eigenvalue weighted by atomic mass is 10.0. The molecule has 1 aliphatic rings. The molecule has 5 rings (SSSR count). The predicted molar refractivity (Wildman–Crippen MR) is 107 cm³/mol. The minimum absolute atomic E-state index is 0.655. The lowest BCUT2D eigenvalue weighted by Gasteiger charge is -2.20. The minimum Gasteiger partial charge on any atom is -0.491 e. The third-order valence-electron chi connectivity index (χ3n) is 4.95. The Balaban J connectivity index is 1.52. The van der Waals surface area contributed by atoms with Crippen LogP contribution >= 0.6 is 0 Å². The van der Waals surface area contributed by atoms with Gasteiger partial charge in [0, 0.05) is 18.3 Å². The smallest absolute Gasteiger partial charge is 0.128 e. The average molecular weight is 356 g/mol. The van der Waals surface area contributed by atoms with Gasteiger partial charge in [-0.2, -0.15) is 0 Å². The number of aromatic nitrogens is 3. The Bertz CT molecular complexity index is 1100. The first-order chi connectivity index (χ1) is 13.3. The molecule has 0 bridgehead atoms. The number of benzene rings is 2. The van der Waals surface area contributed by atoms with E-state index in [1.165, 1.54) is 16.7 Å². The standard InChI is InChI=1S/C22H20N4O/c1-15-24-19-7-5-17(13-20(19)25-15)16-6-8-21-18(12-16)14-26(10-11-27-21)22-4-2-3-9-23-22/h2-9,12-13H,10-11,14H2,1H3,(H,24,25). The van der Waals surface area contributed by atoms with Gasteiger partial charge in [0.05, 0.1) is 17.6 Å². The molecule has 0 aliphatic carbocycles. The number of ether oxygens (including phenoxy) is 1. The fraction of sp³-hybridized carbons (Fsp3) is 0.182. The van der Waals surface area contributed by atoms with Crippen LogP contribution in [0.2, 0.25) is 0 Å². The Hall–Kier alpha value is -3.34. The Kier molecular flexibility index (Phi) is 3.78. The lowest BCUT2D eigenvalue weighted by Crippen LogP contribution is -2.25. The number of nitrogens with zero attached hydrogens (tertiary/aromatic N) is 3. The number of aryl methyl sites for hydroxylation is 1. The fourth-order valence-corrected chi connectivity index (χ4v) is 3.63. The van der Waals surface area contributed by atoms with E-state index in [0.717, 1.165) is 41.5 Å². The molecule has 0 unspecified atom stereocenters. The highest BCUT2D eigenvalue weighted by Crippen LogP contribution is 2.31. The summed E-state index contributed by atoms with van der Waals surface area (Å²) >= 11 is 0. The molecule has 3 heterocycles. The van der Waals surface area contributed by atoms with Gasteiger partial charge in [0.1, 0.15) is 24.0 Å². The molecule has 1 aliphatic heterocycles. The van der Waals surface area contributed by atoms with E-state index in [1.54, 1.807) is 0 Å². The van der Waals surface area contributed by atoms with Crippen LogP contribution in [0.1, 0.15) is 11.4 Å². The van der Waals surface area contributed by atoms with Crippen molar-refractivity contribution in [2.24, 2.45) is 0 Å². The summed E-state index contributed by atoms with van der Waals surface area (Å²) in [6.07, 6.45) is 1.83. The normalized spacial score (nSPS) is 13.9. The number of nitrogens with one attached hydrogen (secondary N) is 1. The van der Waals surface area contributed by atoms with Crippen molar-refractivity contribution in [2.45, 2.75) is 13.5 Å². The molecule has 1 N–H and O–H groups in total. The highest BCUT2D eigenvalue weighted by molar-refractivity contribution is 5.82. The molecular formula is C22H20N4O. The van der Waals surface area contributed by atoms with Crippen molar-refractivity contribution in [3.63, 3.8) is 0 Å². The zero-order valence-corrected chi connectivity index (χ0v) is 15.1. The molecule has 5 heteroatoms. The van der Waals surface area contributed by atoms with Crippen LogP contribution < -0.4 is 9.64 Å². The quantitative estimate of drug-likeness (QED) is 0.581. The highest BCUT2D eigenvalue weighted by Gasteiger charge is 2.17. The number of anilines is 1. The maximum atomic E-state index is 5.98. The molecule has 2 aromatic carbocycles. The molecule has 0 saturated carbocycles. The van der Waals surface area contributed by atoms with Crippen molar-refractivity contribution in [3.05, 3.63) is 72.2 Å². The fourth-order valence-electron chi connectivity index (χ4n) is 3.63. The zero-order chi connectivity index (χ0) is 18.2. The van der Waals surface area contributed by atoms with Gasteiger partial charge in [0.25, 0.3) is 0 Å². The summed E-state index contributed by atoms with van der Waals surface area (Å²) in [6, 6.07) is 18.8. The van der Waals surface area contributed by atoms with Gasteiger partial charge in [-0.25, -0.2) is 9.97 Å². The summed E-state index contributed by atoms with van der Waals surface area (Å²) in [6.45, 7) is 4.24. The van der Waals surface area contributed by atoms with E-state index < -0.39 is 0 Å². The van der Waals surface area contributed by atoms with Gasteiger partial charge in [-0.15, -0.1) is 0 Å².